The first-order valence-corrected chi connectivity index (χ1v) is 11.8. The number of benzene rings is 3. The molecule has 2 N–H and O–H groups in total. The molecule has 0 saturated carbocycles. The lowest BCUT2D eigenvalue weighted by molar-refractivity contribution is 0.102. The Morgan fingerprint density at radius 2 is 1.73 bits per heavy atom. The highest BCUT2D eigenvalue weighted by Crippen LogP contribution is 2.20. The number of anilines is 2. The minimum Gasteiger partial charge on any atom is -0.333 e. The van der Waals surface area contributed by atoms with Crippen molar-refractivity contribution >= 4 is 27.3 Å². The van der Waals surface area contributed by atoms with E-state index >= 15 is 0 Å². The molecule has 0 radical (unpaired) electrons. The zero-order chi connectivity index (χ0) is 23.4. The van der Waals surface area contributed by atoms with Gasteiger partial charge in [0.25, 0.3) is 15.9 Å². The summed E-state index contributed by atoms with van der Waals surface area (Å²) in [5, 5.41) is 2.88. The van der Waals surface area contributed by atoms with Gasteiger partial charge >= 0.3 is 0 Å². The van der Waals surface area contributed by atoms with E-state index in [0.29, 0.717) is 23.5 Å². The van der Waals surface area contributed by atoms with Crippen molar-refractivity contribution in [2.75, 3.05) is 10.0 Å². The molecule has 4 rings (SSSR count). The van der Waals surface area contributed by atoms with E-state index in [0.717, 1.165) is 16.7 Å². The van der Waals surface area contributed by atoms with Crippen LogP contribution in [0.2, 0.25) is 0 Å². The number of hydrogen-bond donors (Lipinski definition) is 2. The number of amides is 1. The van der Waals surface area contributed by atoms with Gasteiger partial charge in [0.1, 0.15) is 0 Å². The predicted molar refractivity (Wildman–Crippen MR) is 129 cm³/mol. The predicted octanol–water partition coefficient (Wildman–Crippen LogP) is 4.60. The molecule has 1 aromatic heterocycles. The Kier molecular flexibility index (Phi) is 6.28. The third-order valence-electron chi connectivity index (χ3n) is 5.30. The van der Waals surface area contributed by atoms with Crippen molar-refractivity contribution in [3.63, 3.8) is 0 Å². The van der Waals surface area contributed by atoms with Gasteiger partial charge in [-0.25, -0.2) is 13.4 Å². The number of nitrogens with zero attached hydrogens (tertiary/aromatic N) is 2. The molecule has 0 aliphatic heterocycles. The van der Waals surface area contributed by atoms with Gasteiger partial charge in [-0.2, -0.15) is 0 Å². The van der Waals surface area contributed by atoms with E-state index in [-0.39, 0.29) is 10.8 Å². The highest BCUT2D eigenvalue weighted by atomic mass is 32.2. The van der Waals surface area contributed by atoms with Crippen molar-refractivity contribution in [3.8, 4) is 0 Å². The van der Waals surface area contributed by atoms with E-state index < -0.39 is 10.0 Å². The number of carbonyl (C=O) groups excluding carboxylic acids is 1. The number of aryl methyl sites for hydroxylation is 2. The Morgan fingerprint density at radius 1 is 0.939 bits per heavy atom. The van der Waals surface area contributed by atoms with Gasteiger partial charge in [-0.15, -0.1) is 0 Å². The molecule has 3 aromatic carbocycles. The van der Waals surface area contributed by atoms with E-state index in [2.05, 4.69) is 15.0 Å². The first-order chi connectivity index (χ1) is 15.8. The van der Waals surface area contributed by atoms with E-state index in [1.165, 1.54) is 0 Å². The minimum absolute atomic E-state index is 0.197. The van der Waals surface area contributed by atoms with Crippen LogP contribution in [0.4, 0.5) is 11.4 Å². The summed E-state index contributed by atoms with van der Waals surface area (Å²) in [5.41, 5.74) is 4.44. The molecule has 0 unspecified atom stereocenters. The highest BCUT2D eigenvalue weighted by Gasteiger charge is 2.15. The molecule has 1 amide bonds. The Hall–Kier alpha value is -3.91. The molecule has 33 heavy (non-hydrogen) atoms. The first-order valence-electron chi connectivity index (χ1n) is 10.4. The summed E-state index contributed by atoms with van der Waals surface area (Å²) in [6.45, 7) is 4.45. The topological polar surface area (TPSA) is 93.1 Å². The number of imidazole rings is 1. The second-order valence-electron chi connectivity index (χ2n) is 7.82. The second kappa shape index (κ2) is 9.30. The van der Waals surface area contributed by atoms with Crippen LogP contribution in [-0.2, 0) is 16.6 Å². The fraction of sp³-hybridized carbons (Fsp3) is 0.120. The summed E-state index contributed by atoms with van der Waals surface area (Å²) >= 11 is 0. The molecule has 0 spiro atoms. The van der Waals surface area contributed by atoms with E-state index in [4.69, 9.17) is 0 Å². The fourth-order valence-corrected chi connectivity index (χ4v) is 4.47. The molecular formula is C25H24N4O3S. The Labute approximate surface area is 193 Å². The standard InChI is InChI=1S/C25H24N4O3S/c1-18-6-11-24(14-19(18)2)33(31,32)28-22-9-7-21(8-10-22)25(30)27-23-5-3-4-20(15-23)16-29-13-12-26-17-29/h3-15,17,28H,16H2,1-2H3,(H,27,30). The van der Waals surface area contributed by atoms with Crippen molar-refractivity contribution in [1.29, 1.82) is 0 Å². The van der Waals surface area contributed by atoms with Crippen LogP contribution in [0.3, 0.4) is 0 Å². The lowest BCUT2D eigenvalue weighted by Gasteiger charge is -2.11. The van der Waals surface area contributed by atoms with Crippen molar-refractivity contribution in [1.82, 2.24) is 9.55 Å². The highest BCUT2D eigenvalue weighted by molar-refractivity contribution is 7.92. The Morgan fingerprint density at radius 3 is 2.42 bits per heavy atom. The molecule has 168 valence electrons. The van der Waals surface area contributed by atoms with Crippen LogP contribution in [0.15, 0.2) is 90.3 Å². The molecule has 0 bridgehead atoms. The van der Waals surface area contributed by atoms with Crippen LogP contribution >= 0.6 is 0 Å². The van der Waals surface area contributed by atoms with Crippen LogP contribution in [0.1, 0.15) is 27.0 Å². The molecule has 0 atom stereocenters. The molecule has 0 aliphatic carbocycles. The minimum atomic E-state index is -3.72. The van der Waals surface area contributed by atoms with Gasteiger partial charge < -0.3 is 9.88 Å². The molecule has 0 saturated heterocycles. The van der Waals surface area contributed by atoms with Crippen molar-refractivity contribution in [2.24, 2.45) is 0 Å². The maximum absolute atomic E-state index is 12.7. The largest absolute Gasteiger partial charge is 0.333 e. The fourth-order valence-electron chi connectivity index (χ4n) is 3.33. The van der Waals surface area contributed by atoms with E-state index in [1.807, 2.05) is 48.9 Å². The van der Waals surface area contributed by atoms with Crippen molar-refractivity contribution in [2.45, 2.75) is 25.3 Å². The molecule has 8 heteroatoms. The summed E-state index contributed by atoms with van der Waals surface area (Å²) < 4.78 is 29.9. The third kappa shape index (κ3) is 5.48. The van der Waals surface area contributed by atoms with Crippen LogP contribution in [0, 0.1) is 13.8 Å². The number of nitrogens with one attached hydrogen (secondary N) is 2. The van der Waals surface area contributed by atoms with Crippen molar-refractivity contribution < 1.29 is 13.2 Å². The molecule has 7 nitrogen and oxygen atoms in total. The van der Waals surface area contributed by atoms with Gasteiger partial charge in [0.05, 0.1) is 11.2 Å². The Balaban J connectivity index is 1.42. The second-order valence-corrected chi connectivity index (χ2v) is 9.50. The van der Waals surface area contributed by atoms with E-state index in [1.54, 1.807) is 55.0 Å². The third-order valence-corrected chi connectivity index (χ3v) is 6.68. The normalized spacial score (nSPS) is 11.2. The maximum atomic E-state index is 12.7. The summed E-state index contributed by atoms with van der Waals surface area (Å²) in [6.07, 6.45) is 5.33. The number of rotatable bonds is 7. The smallest absolute Gasteiger partial charge is 0.261 e. The quantitative estimate of drug-likeness (QED) is 0.421. The number of sulfonamides is 1. The van der Waals surface area contributed by atoms with Crippen LogP contribution in [0.25, 0.3) is 0 Å². The SMILES string of the molecule is Cc1ccc(S(=O)(=O)Nc2ccc(C(=O)Nc3cccc(Cn4ccnc4)c3)cc2)cc1C. The number of carbonyl (C=O) groups is 1. The van der Waals surface area contributed by atoms with Gasteiger partial charge in [-0.1, -0.05) is 18.2 Å². The number of aromatic nitrogens is 2. The molecule has 0 fully saturated rings. The van der Waals surface area contributed by atoms with Gasteiger partial charge in [-0.3, -0.25) is 9.52 Å². The summed E-state index contributed by atoms with van der Waals surface area (Å²) in [5.74, 6) is -0.279. The summed E-state index contributed by atoms with van der Waals surface area (Å²) in [6, 6.07) is 18.9. The molecule has 1 heterocycles. The van der Waals surface area contributed by atoms with Crippen LogP contribution in [-0.4, -0.2) is 23.9 Å². The maximum Gasteiger partial charge on any atom is 0.261 e. The molecule has 4 aromatic rings. The van der Waals surface area contributed by atoms with Crippen LogP contribution < -0.4 is 10.0 Å². The van der Waals surface area contributed by atoms with Gasteiger partial charge in [-0.05, 0) is 79.1 Å². The average Bonchev–Trinajstić information content (AvgIpc) is 3.29. The molecular weight excluding hydrogens is 436 g/mol. The lowest BCUT2D eigenvalue weighted by Crippen LogP contribution is -2.14. The average molecular weight is 461 g/mol. The van der Waals surface area contributed by atoms with E-state index in [9.17, 15) is 13.2 Å². The zero-order valence-corrected chi connectivity index (χ0v) is 19.1. The van der Waals surface area contributed by atoms with Gasteiger partial charge in [0.2, 0.25) is 0 Å². The Bertz CT molecular complexity index is 1380. The summed E-state index contributed by atoms with van der Waals surface area (Å²) in [4.78, 5) is 16.9. The lowest BCUT2D eigenvalue weighted by atomic mass is 10.1. The van der Waals surface area contributed by atoms with Crippen molar-refractivity contribution in [3.05, 3.63) is 108 Å². The summed E-state index contributed by atoms with van der Waals surface area (Å²) in [7, 11) is -3.72. The monoisotopic (exact) mass is 460 g/mol. The zero-order valence-electron chi connectivity index (χ0n) is 18.3. The van der Waals surface area contributed by atoms with Gasteiger partial charge in [0, 0.05) is 35.9 Å². The first kappa shape index (κ1) is 22.3. The molecule has 0 aliphatic rings. The number of hydrogen-bond acceptors (Lipinski definition) is 4. The van der Waals surface area contributed by atoms with Crippen LogP contribution in [0.5, 0.6) is 0 Å². The van der Waals surface area contributed by atoms with Gasteiger partial charge in [0.15, 0.2) is 0 Å².